The zero-order valence-corrected chi connectivity index (χ0v) is 11.8. The van der Waals surface area contributed by atoms with E-state index in [0.29, 0.717) is 18.9 Å². The molecule has 0 radical (unpaired) electrons. The minimum Gasteiger partial charge on any atom is -0.393 e. The predicted molar refractivity (Wildman–Crippen MR) is 76.0 cm³/mol. The number of hydrogen-bond acceptors (Lipinski definition) is 2. The summed E-state index contributed by atoms with van der Waals surface area (Å²) in [7, 11) is 0. The predicted octanol–water partition coefficient (Wildman–Crippen LogP) is 2.12. The van der Waals surface area contributed by atoms with Crippen molar-refractivity contribution in [2.45, 2.75) is 45.6 Å². The molecule has 0 saturated heterocycles. The van der Waals surface area contributed by atoms with Gasteiger partial charge >= 0.3 is 0 Å². The number of carbonyl (C=O) groups is 1. The van der Waals surface area contributed by atoms with Crippen molar-refractivity contribution in [3.05, 3.63) is 34.9 Å². The van der Waals surface area contributed by atoms with Crippen LogP contribution >= 0.6 is 0 Å². The van der Waals surface area contributed by atoms with Gasteiger partial charge in [-0.15, -0.1) is 0 Å². The van der Waals surface area contributed by atoms with E-state index in [-0.39, 0.29) is 12.0 Å². The van der Waals surface area contributed by atoms with Crippen molar-refractivity contribution in [3.63, 3.8) is 0 Å². The van der Waals surface area contributed by atoms with Gasteiger partial charge in [0.15, 0.2) is 0 Å². The highest BCUT2D eigenvalue weighted by atomic mass is 16.3. The minimum absolute atomic E-state index is 0.0788. The standard InChI is InChI=1S/C16H23NO2/c1-11-3-4-12(2)14(7-11)9-16(19)17-10-13-5-6-15(18)8-13/h3-4,7,13,15,18H,5-6,8-10H2,1-2H3,(H,17,19). The Kier molecular flexibility index (Phi) is 4.59. The SMILES string of the molecule is Cc1ccc(C)c(CC(=O)NCC2CCC(O)C2)c1. The van der Waals surface area contributed by atoms with E-state index in [2.05, 4.69) is 23.5 Å². The van der Waals surface area contributed by atoms with Crippen LogP contribution in [0.3, 0.4) is 0 Å². The molecule has 1 aliphatic carbocycles. The zero-order chi connectivity index (χ0) is 13.8. The number of amides is 1. The van der Waals surface area contributed by atoms with E-state index in [0.717, 1.165) is 30.4 Å². The van der Waals surface area contributed by atoms with Gasteiger partial charge in [0.25, 0.3) is 0 Å². The number of hydrogen-bond donors (Lipinski definition) is 2. The normalized spacial score (nSPS) is 22.5. The first kappa shape index (κ1) is 14.1. The third-order valence-electron chi connectivity index (χ3n) is 3.96. The molecule has 2 N–H and O–H groups in total. The first-order valence-electron chi connectivity index (χ1n) is 7.05. The molecule has 19 heavy (non-hydrogen) atoms. The van der Waals surface area contributed by atoms with E-state index >= 15 is 0 Å². The molecule has 1 amide bonds. The molecular weight excluding hydrogens is 238 g/mol. The molecule has 0 heterocycles. The van der Waals surface area contributed by atoms with Crippen molar-refractivity contribution in [1.29, 1.82) is 0 Å². The molecule has 3 heteroatoms. The van der Waals surface area contributed by atoms with Crippen LogP contribution in [0.4, 0.5) is 0 Å². The van der Waals surface area contributed by atoms with Gasteiger partial charge in [0.2, 0.25) is 5.91 Å². The fraction of sp³-hybridized carbons (Fsp3) is 0.562. The number of rotatable bonds is 4. The second kappa shape index (κ2) is 6.20. The Morgan fingerprint density at radius 1 is 1.37 bits per heavy atom. The summed E-state index contributed by atoms with van der Waals surface area (Å²) in [6, 6.07) is 6.20. The number of aliphatic hydroxyl groups excluding tert-OH is 1. The molecule has 2 atom stereocenters. The van der Waals surface area contributed by atoms with Crippen LogP contribution in [-0.4, -0.2) is 23.7 Å². The summed E-state index contributed by atoms with van der Waals surface area (Å²) in [4.78, 5) is 11.9. The zero-order valence-electron chi connectivity index (χ0n) is 11.8. The lowest BCUT2D eigenvalue weighted by atomic mass is 10.0. The van der Waals surface area contributed by atoms with E-state index in [1.54, 1.807) is 0 Å². The summed E-state index contributed by atoms with van der Waals surface area (Å²) in [5.41, 5.74) is 3.45. The average Bonchev–Trinajstić information content (AvgIpc) is 2.77. The first-order valence-corrected chi connectivity index (χ1v) is 7.05. The molecule has 0 aromatic heterocycles. The average molecular weight is 261 g/mol. The fourth-order valence-electron chi connectivity index (χ4n) is 2.72. The number of aliphatic hydroxyl groups is 1. The van der Waals surface area contributed by atoms with E-state index in [9.17, 15) is 9.90 Å². The van der Waals surface area contributed by atoms with Crippen molar-refractivity contribution in [3.8, 4) is 0 Å². The topological polar surface area (TPSA) is 49.3 Å². The summed E-state index contributed by atoms with van der Waals surface area (Å²) in [5, 5.41) is 12.4. The van der Waals surface area contributed by atoms with Crippen LogP contribution in [0.15, 0.2) is 18.2 Å². The van der Waals surface area contributed by atoms with Crippen molar-refractivity contribution in [2.75, 3.05) is 6.54 Å². The Morgan fingerprint density at radius 2 is 2.16 bits per heavy atom. The maximum absolute atomic E-state index is 11.9. The van der Waals surface area contributed by atoms with Gasteiger partial charge in [-0.25, -0.2) is 0 Å². The van der Waals surface area contributed by atoms with Gasteiger partial charge in [-0.1, -0.05) is 23.8 Å². The van der Waals surface area contributed by atoms with Crippen LogP contribution in [0, 0.1) is 19.8 Å². The molecule has 1 aliphatic rings. The quantitative estimate of drug-likeness (QED) is 0.872. The second-order valence-electron chi connectivity index (χ2n) is 5.74. The summed E-state index contributed by atoms with van der Waals surface area (Å²) in [6.45, 7) is 4.77. The summed E-state index contributed by atoms with van der Waals surface area (Å²) < 4.78 is 0. The molecule has 2 rings (SSSR count). The van der Waals surface area contributed by atoms with Crippen LogP contribution in [0.5, 0.6) is 0 Å². The maximum Gasteiger partial charge on any atom is 0.224 e. The Morgan fingerprint density at radius 3 is 2.84 bits per heavy atom. The molecule has 1 aromatic rings. The Balaban J connectivity index is 1.82. The maximum atomic E-state index is 11.9. The molecule has 0 aliphatic heterocycles. The smallest absolute Gasteiger partial charge is 0.224 e. The van der Waals surface area contributed by atoms with Crippen LogP contribution < -0.4 is 5.32 Å². The number of aryl methyl sites for hydroxylation is 2. The van der Waals surface area contributed by atoms with Gasteiger partial charge in [0.1, 0.15) is 0 Å². The third kappa shape index (κ3) is 4.06. The Bertz CT molecular complexity index is 456. The van der Waals surface area contributed by atoms with Gasteiger partial charge in [-0.2, -0.15) is 0 Å². The van der Waals surface area contributed by atoms with Crippen molar-refractivity contribution in [2.24, 2.45) is 5.92 Å². The van der Waals surface area contributed by atoms with E-state index in [1.807, 2.05) is 13.8 Å². The number of nitrogens with one attached hydrogen (secondary N) is 1. The number of benzene rings is 1. The lowest BCUT2D eigenvalue weighted by Crippen LogP contribution is -2.30. The summed E-state index contributed by atoms with van der Waals surface area (Å²) in [6.07, 6.45) is 3.00. The lowest BCUT2D eigenvalue weighted by Gasteiger charge is -2.12. The molecule has 0 spiro atoms. The van der Waals surface area contributed by atoms with Gasteiger partial charge in [-0.3, -0.25) is 4.79 Å². The lowest BCUT2D eigenvalue weighted by molar-refractivity contribution is -0.120. The van der Waals surface area contributed by atoms with Gasteiger partial charge < -0.3 is 10.4 Å². The highest BCUT2D eigenvalue weighted by molar-refractivity contribution is 5.79. The molecule has 3 nitrogen and oxygen atoms in total. The number of carbonyl (C=O) groups excluding carboxylic acids is 1. The Hall–Kier alpha value is -1.35. The molecule has 1 saturated carbocycles. The van der Waals surface area contributed by atoms with Crippen LogP contribution in [0.2, 0.25) is 0 Å². The van der Waals surface area contributed by atoms with Crippen molar-refractivity contribution in [1.82, 2.24) is 5.32 Å². The molecule has 0 bridgehead atoms. The highest BCUT2D eigenvalue weighted by Gasteiger charge is 2.22. The second-order valence-corrected chi connectivity index (χ2v) is 5.74. The molecular formula is C16H23NO2. The fourth-order valence-corrected chi connectivity index (χ4v) is 2.72. The van der Waals surface area contributed by atoms with Crippen LogP contribution in [-0.2, 0) is 11.2 Å². The van der Waals surface area contributed by atoms with Crippen LogP contribution in [0.25, 0.3) is 0 Å². The first-order chi connectivity index (χ1) is 9.04. The van der Waals surface area contributed by atoms with E-state index < -0.39 is 0 Å². The van der Waals surface area contributed by atoms with Gasteiger partial charge in [0.05, 0.1) is 12.5 Å². The molecule has 104 valence electrons. The van der Waals surface area contributed by atoms with E-state index in [4.69, 9.17) is 0 Å². The molecule has 1 aromatic carbocycles. The summed E-state index contributed by atoms with van der Waals surface area (Å²) >= 11 is 0. The monoisotopic (exact) mass is 261 g/mol. The molecule has 1 fully saturated rings. The highest BCUT2D eigenvalue weighted by Crippen LogP contribution is 2.24. The minimum atomic E-state index is -0.166. The van der Waals surface area contributed by atoms with Gasteiger partial charge in [0, 0.05) is 6.54 Å². The van der Waals surface area contributed by atoms with Crippen molar-refractivity contribution < 1.29 is 9.90 Å². The summed E-state index contributed by atoms with van der Waals surface area (Å²) in [5.74, 6) is 0.521. The third-order valence-corrected chi connectivity index (χ3v) is 3.96. The Labute approximate surface area is 115 Å². The van der Waals surface area contributed by atoms with Crippen molar-refractivity contribution >= 4 is 5.91 Å². The molecule has 2 unspecified atom stereocenters. The van der Waals surface area contributed by atoms with Gasteiger partial charge in [-0.05, 0) is 50.2 Å². The van der Waals surface area contributed by atoms with E-state index in [1.165, 1.54) is 5.56 Å². The van der Waals surface area contributed by atoms with Crippen LogP contribution in [0.1, 0.15) is 36.0 Å². The largest absolute Gasteiger partial charge is 0.393 e.